The van der Waals surface area contributed by atoms with Crippen LogP contribution in [0, 0.1) is 0 Å². The maximum absolute atomic E-state index is 11.9. The van der Waals surface area contributed by atoms with Gasteiger partial charge in [0.1, 0.15) is 0 Å². The lowest BCUT2D eigenvalue weighted by Gasteiger charge is -2.37. The van der Waals surface area contributed by atoms with Crippen LogP contribution in [0.4, 0.5) is 0 Å². The van der Waals surface area contributed by atoms with Gasteiger partial charge in [-0.1, -0.05) is 6.92 Å². The lowest BCUT2D eigenvalue weighted by molar-refractivity contribution is 0.230. The highest BCUT2D eigenvalue weighted by Crippen LogP contribution is 2.12. The fourth-order valence-corrected chi connectivity index (χ4v) is 3.26. The molecule has 1 fully saturated rings. The largest absolute Gasteiger partial charge is 0.311 e. The fourth-order valence-electron chi connectivity index (χ4n) is 1.68. The average molecular weight is 235 g/mol. The second kappa shape index (κ2) is 5.25. The van der Waals surface area contributed by atoms with E-state index in [2.05, 4.69) is 10.0 Å². The Morgan fingerprint density at radius 1 is 1.47 bits per heavy atom. The lowest BCUT2D eigenvalue weighted by Crippen LogP contribution is -2.59. The molecule has 0 aromatic heterocycles. The van der Waals surface area contributed by atoms with Gasteiger partial charge < -0.3 is 5.32 Å². The van der Waals surface area contributed by atoms with E-state index in [9.17, 15) is 8.42 Å². The van der Waals surface area contributed by atoms with Gasteiger partial charge in [-0.3, -0.25) is 0 Å². The Bertz CT molecular complexity index is 292. The van der Waals surface area contributed by atoms with Crippen LogP contribution in [0.25, 0.3) is 0 Å². The molecular formula is C9H21N3O2S. The number of rotatable bonds is 4. The monoisotopic (exact) mass is 235 g/mol. The molecule has 1 aliphatic heterocycles. The van der Waals surface area contributed by atoms with E-state index < -0.39 is 10.2 Å². The third kappa shape index (κ3) is 3.14. The molecule has 2 unspecified atom stereocenters. The van der Waals surface area contributed by atoms with Gasteiger partial charge in [-0.2, -0.15) is 12.7 Å². The number of nitrogens with zero attached hydrogens (tertiary/aromatic N) is 1. The molecule has 1 saturated heterocycles. The predicted molar refractivity (Wildman–Crippen MR) is 60.8 cm³/mol. The standard InChI is InChI=1S/C9H21N3O2S/c1-4-5-11-15(13,14)12-7-6-10-8(2)9(12)3/h8-11H,4-7H2,1-3H3. The summed E-state index contributed by atoms with van der Waals surface area (Å²) in [6.45, 7) is 7.66. The third-order valence-corrected chi connectivity index (χ3v) is 4.52. The van der Waals surface area contributed by atoms with E-state index in [1.54, 1.807) is 4.31 Å². The normalized spacial score (nSPS) is 29.3. The molecule has 0 radical (unpaired) electrons. The summed E-state index contributed by atoms with van der Waals surface area (Å²) in [6.07, 6.45) is 0.815. The Morgan fingerprint density at radius 3 is 2.73 bits per heavy atom. The van der Waals surface area contributed by atoms with Crippen LogP contribution in [0.5, 0.6) is 0 Å². The van der Waals surface area contributed by atoms with Gasteiger partial charge in [-0.15, -0.1) is 0 Å². The summed E-state index contributed by atoms with van der Waals surface area (Å²) < 4.78 is 27.9. The van der Waals surface area contributed by atoms with E-state index in [4.69, 9.17) is 0 Å². The smallest absolute Gasteiger partial charge is 0.279 e. The van der Waals surface area contributed by atoms with E-state index in [0.29, 0.717) is 13.1 Å². The van der Waals surface area contributed by atoms with E-state index in [-0.39, 0.29) is 12.1 Å². The van der Waals surface area contributed by atoms with E-state index in [1.165, 1.54) is 0 Å². The first kappa shape index (κ1) is 12.9. The van der Waals surface area contributed by atoms with Crippen molar-refractivity contribution in [2.45, 2.75) is 39.3 Å². The van der Waals surface area contributed by atoms with Crippen molar-refractivity contribution in [3.8, 4) is 0 Å². The van der Waals surface area contributed by atoms with E-state index in [1.807, 2.05) is 20.8 Å². The van der Waals surface area contributed by atoms with Gasteiger partial charge in [-0.25, -0.2) is 4.72 Å². The Labute approximate surface area is 92.4 Å². The molecule has 0 aromatic rings. The summed E-state index contributed by atoms with van der Waals surface area (Å²) in [6, 6.07) is 0.213. The van der Waals surface area contributed by atoms with Crippen LogP contribution in [0.1, 0.15) is 27.2 Å². The molecule has 1 aliphatic rings. The molecule has 0 bridgehead atoms. The zero-order valence-corrected chi connectivity index (χ0v) is 10.5. The van der Waals surface area contributed by atoms with Crippen molar-refractivity contribution < 1.29 is 8.42 Å². The van der Waals surface area contributed by atoms with Gasteiger partial charge in [0.05, 0.1) is 0 Å². The van der Waals surface area contributed by atoms with E-state index >= 15 is 0 Å². The van der Waals surface area contributed by atoms with Crippen molar-refractivity contribution in [2.75, 3.05) is 19.6 Å². The summed E-state index contributed by atoms with van der Waals surface area (Å²) in [4.78, 5) is 0. The first-order valence-electron chi connectivity index (χ1n) is 5.49. The Hall–Kier alpha value is -0.170. The Kier molecular flexibility index (Phi) is 4.51. The first-order valence-corrected chi connectivity index (χ1v) is 6.93. The molecule has 0 aliphatic carbocycles. The Morgan fingerprint density at radius 2 is 2.13 bits per heavy atom. The Balaban J connectivity index is 2.68. The molecular weight excluding hydrogens is 214 g/mol. The van der Waals surface area contributed by atoms with Crippen LogP contribution in [0.3, 0.4) is 0 Å². The maximum atomic E-state index is 11.9. The molecule has 2 atom stereocenters. The second-order valence-electron chi connectivity index (χ2n) is 3.99. The van der Waals surface area contributed by atoms with Crippen LogP contribution in [-0.2, 0) is 10.2 Å². The van der Waals surface area contributed by atoms with Crippen molar-refractivity contribution in [1.29, 1.82) is 0 Å². The molecule has 6 heteroatoms. The molecule has 1 heterocycles. The zero-order valence-electron chi connectivity index (χ0n) is 9.66. The van der Waals surface area contributed by atoms with Gasteiger partial charge in [0.2, 0.25) is 0 Å². The lowest BCUT2D eigenvalue weighted by atomic mass is 10.1. The van der Waals surface area contributed by atoms with Crippen LogP contribution < -0.4 is 10.0 Å². The molecule has 0 aromatic carbocycles. The van der Waals surface area contributed by atoms with Crippen molar-refractivity contribution in [3.05, 3.63) is 0 Å². The highest BCUT2D eigenvalue weighted by molar-refractivity contribution is 7.87. The van der Waals surface area contributed by atoms with Gasteiger partial charge in [-0.05, 0) is 20.3 Å². The number of nitrogens with one attached hydrogen (secondary N) is 2. The molecule has 0 amide bonds. The van der Waals surface area contributed by atoms with Gasteiger partial charge in [0.25, 0.3) is 10.2 Å². The quantitative estimate of drug-likeness (QED) is 0.716. The molecule has 90 valence electrons. The van der Waals surface area contributed by atoms with Gasteiger partial charge in [0.15, 0.2) is 0 Å². The van der Waals surface area contributed by atoms with Crippen molar-refractivity contribution in [1.82, 2.24) is 14.3 Å². The van der Waals surface area contributed by atoms with Crippen LogP contribution in [0.15, 0.2) is 0 Å². The molecule has 0 spiro atoms. The number of piperazine rings is 1. The molecule has 0 saturated carbocycles. The van der Waals surface area contributed by atoms with Crippen molar-refractivity contribution in [2.24, 2.45) is 0 Å². The minimum atomic E-state index is -3.28. The number of hydrogen-bond donors (Lipinski definition) is 2. The van der Waals surface area contributed by atoms with Crippen molar-refractivity contribution in [3.63, 3.8) is 0 Å². The molecule has 1 rings (SSSR count). The number of hydrogen-bond acceptors (Lipinski definition) is 3. The fraction of sp³-hybridized carbons (Fsp3) is 1.00. The zero-order chi connectivity index (χ0) is 11.5. The maximum Gasteiger partial charge on any atom is 0.279 e. The minimum Gasteiger partial charge on any atom is -0.311 e. The molecule has 2 N–H and O–H groups in total. The molecule has 15 heavy (non-hydrogen) atoms. The van der Waals surface area contributed by atoms with Crippen LogP contribution in [0.2, 0.25) is 0 Å². The predicted octanol–water partition coefficient (Wildman–Crippen LogP) is -0.0870. The summed E-state index contributed by atoms with van der Waals surface area (Å²) in [5, 5.41) is 3.26. The summed E-state index contributed by atoms with van der Waals surface area (Å²) >= 11 is 0. The van der Waals surface area contributed by atoms with Crippen molar-refractivity contribution >= 4 is 10.2 Å². The van der Waals surface area contributed by atoms with E-state index in [0.717, 1.165) is 13.0 Å². The van der Waals surface area contributed by atoms with Gasteiger partial charge >= 0.3 is 0 Å². The summed E-state index contributed by atoms with van der Waals surface area (Å²) in [5.74, 6) is 0. The SMILES string of the molecule is CCCNS(=O)(=O)N1CCNC(C)C1C. The van der Waals surface area contributed by atoms with Crippen LogP contribution in [-0.4, -0.2) is 44.4 Å². The van der Waals surface area contributed by atoms with Crippen LogP contribution >= 0.6 is 0 Å². The first-order chi connectivity index (χ1) is 6.99. The highest BCUT2D eigenvalue weighted by atomic mass is 32.2. The highest BCUT2D eigenvalue weighted by Gasteiger charge is 2.32. The average Bonchev–Trinajstić information content (AvgIpc) is 2.19. The topological polar surface area (TPSA) is 61.4 Å². The second-order valence-corrected chi connectivity index (χ2v) is 5.70. The summed E-state index contributed by atoms with van der Waals surface area (Å²) in [7, 11) is -3.28. The summed E-state index contributed by atoms with van der Waals surface area (Å²) in [5.41, 5.74) is 0. The third-order valence-electron chi connectivity index (χ3n) is 2.82. The molecule has 5 nitrogen and oxygen atoms in total. The van der Waals surface area contributed by atoms with Gasteiger partial charge in [0, 0.05) is 31.7 Å². The minimum absolute atomic E-state index is 0.00751.